The van der Waals surface area contributed by atoms with E-state index in [4.69, 9.17) is 18.9 Å². The average molecular weight is 635 g/mol. The molecule has 2 aromatic rings. The van der Waals surface area contributed by atoms with Gasteiger partial charge in [-0.3, -0.25) is 4.79 Å². The fraction of sp³-hybridized carbons (Fsp3) is 0.219. The Morgan fingerprint density at radius 2 is 1.22 bits per heavy atom. The van der Waals surface area contributed by atoms with Gasteiger partial charge in [0.2, 0.25) is 0 Å². The minimum Gasteiger partial charge on any atom is -0.496 e. The summed E-state index contributed by atoms with van der Waals surface area (Å²) in [7, 11) is 0. The third-order valence-electron chi connectivity index (χ3n) is 5.24. The Balaban J connectivity index is 0.00000840. The molecular formula is C32H33O8Y-. The summed E-state index contributed by atoms with van der Waals surface area (Å²) >= 11 is 0. The molecule has 0 aliphatic heterocycles. The summed E-state index contributed by atoms with van der Waals surface area (Å²) in [6, 6.07) is 13.4. The van der Waals surface area contributed by atoms with Crippen molar-refractivity contribution in [2.24, 2.45) is 0 Å². The number of esters is 3. The number of hydrogen-bond donors (Lipinski definition) is 0. The van der Waals surface area contributed by atoms with Crippen molar-refractivity contribution in [1.29, 1.82) is 0 Å². The van der Waals surface area contributed by atoms with Gasteiger partial charge in [0.05, 0.1) is 6.61 Å². The Morgan fingerprint density at radius 3 is 1.71 bits per heavy atom. The summed E-state index contributed by atoms with van der Waals surface area (Å²) < 4.78 is 21.3. The molecule has 213 valence electrons. The van der Waals surface area contributed by atoms with E-state index < -0.39 is 17.9 Å². The van der Waals surface area contributed by atoms with Gasteiger partial charge in [-0.15, -0.1) is 6.42 Å². The van der Waals surface area contributed by atoms with Crippen molar-refractivity contribution < 1.29 is 70.8 Å². The van der Waals surface area contributed by atoms with Crippen LogP contribution >= 0.6 is 0 Å². The van der Waals surface area contributed by atoms with Crippen molar-refractivity contribution in [2.45, 2.75) is 27.2 Å². The van der Waals surface area contributed by atoms with Crippen molar-refractivity contribution in [1.82, 2.24) is 0 Å². The molecule has 0 saturated heterocycles. The molecule has 8 nitrogen and oxygen atoms in total. The molecule has 0 aromatic heterocycles. The number of benzene rings is 2. The van der Waals surface area contributed by atoms with Crippen LogP contribution < -0.4 is 9.47 Å². The summed E-state index contributed by atoms with van der Waals surface area (Å²) in [4.78, 5) is 47.6. The Bertz CT molecular complexity index is 1260. The number of ketones is 1. The first-order valence-corrected chi connectivity index (χ1v) is 12.4. The maximum atomic E-state index is 12.6. The number of carbonyl (C=O) groups excluding carboxylic acids is 4. The van der Waals surface area contributed by atoms with Crippen molar-refractivity contribution in [2.75, 3.05) is 19.8 Å². The van der Waals surface area contributed by atoms with Crippen LogP contribution in [-0.2, 0) is 56.6 Å². The number of allylic oxidation sites excluding steroid dienone is 1. The van der Waals surface area contributed by atoms with Crippen LogP contribution in [0, 0.1) is 5.92 Å². The van der Waals surface area contributed by atoms with Gasteiger partial charge in [0.25, 0.3) is 0 Å². The Labute approximate surface area is 266 Å². The fourth-order valence-electron chi connectivity index (χ4n) is 2.91. The van der Waals surface area contributed by atoms with E-state index >= 15 is 0 Å². The largest absolute Gasteiger partial charge is 0.496 e. The van der Waals surface area contributed by atoms with Gasteiger partial charge in [-0.05, 0) is 82.0 Å². The van der Waals surface area contributed by atoms with E-state index in [0.717, 1.165) is 5.56 Å². The fourth-order valence-corrected chi connectivity index (χ4v) is 2.91. The quantitative estimate of drug-likeness (QED) is 0.0815. The van der Waals surface area contributed by atoms with Crippen LogP contribution in [-0.4, -0.2) is 43.5 Å². The first-order chi connectivity index (χ1) is 19.0. The standard InChI is InChI=1S/C32H33O8.Y/c1-21(2)30(34)38-19-25(20-39-31(35)22(3)4)17-18-37-27-14-10-26(11-15-27)29(33)16-9-24-7-12-28(13-8-24)40-32(36)23(5)6;/h7-16H,1,3,5,17-20H2,2,4,6H3;/q-1;. The molecular weight excluding hydrogens is 601 g/mol. The van der Waals surface area contributed by atoms with E-state index in [2.05, 4.69) is 19.7 Å². The molecule has 0 bridgehead atoms. The molecule has 0 saturated carbocycles. The third kappa shape index (κ3) is 13.1. The van der Waals surface area contributed by atoms with Gasteiger partial charge in [-0.25, -0.2) is 20.3 Å². The van der Waals surface area contributed by atoms with E-state index in [9.17, 15) is 19.2 Å². The maximum Gasteiger partial charge on any atom is 0.338 e. The molecule has 0 aliphatic rings. The van der Waals surface area contributed by atoms with Gasteiger partial charge in [0.1, 0.15) is 11.5 Å². The maximum absolute atomic E-state index is 12.6. The van der Waals surface area contributed by atoms with Crippen LogP contribution in [0.1, 0.15) is 43.1 Å². The van der Waals surface area contributed by atoms with E-state index in [-0.39, 0.29) is 69.5 Å². The van der Waals surface area contributed by atoms with Crippen molar-refractivity contribution >= 4 is 29.8 Å². The van der Waals surface area contributed by atoms with Gasteiger partial charge in [0.15, 0.2) is 5.78 Å². The van der Waals surface area contributed by atoms with Crippen LogP contribution in [0.25, 0.3) is 6.08 Å². The van der Waals surface area contributed by atoms with Crippen molar-refractivity contribution in [3.63, 3.8) is 0 Å². The van der Waals surface area contributed by atoms with Crippen molar-refractivity contribution in [3.8, 4) is 11.5 Å². The van der Waals surface area contributed by atoms with Gasteiger partial charge < -0.3 is 18.9 Å². The summed E-state index contributed by atoms with van der Waals surface area (Å²) in [5, 5.41) is 0. The molecule has 0 heterocycles. The average Bonchev–Trinajstić information content (AvgIpc) is 2.93. The molecule has 0 spiro atoms. The normalized spacial score (nSPS) is 10.3. The Hall–Kier alpha value is -3.62. The van der Waals surface area contributed by atoms with Crippen LogP contribution in [0.15, 0.2) is 91.1 Å². The molecule has 0 amide bonds. The number of hydrogen-bond acceptors (Lipinski definition) is 8. The van der Waals surface area contributed by atoms with Crippen LogP contribution in [0.4, 0.5) is 0 Å². The molecule has 9 heteroatoms. The third-order valence-corrected chi connectivity index (χ3v) is 5.24. The Kier molecular flexibility index (Phi) is 15.5. The first kappa shape index (κ1) is 35.4. The zero-order valence-electron chi connectivity index (χ0n) is 23.6. The molecule has 0 N–H and O–H groups in total. The summed E-state index contributed by atoms with van der Waals surface area (Å²) in [6.07, 6.45) is 3.47. The topological polar surface area (TPSA) is 105 Å². The summed E-state index contributed by atoms with van der Waals surface area (Å²) in [5.74, 6) is -0.213. The van der Waals surface area contributed by atoms with Crippen LogP contribution in [0.2, 0.25) is 0 Å². The predicted molar refractivity (Wildman–Crippen MR) is 152 cm³/mol. The van der Waals surface area contributed by atoms with Gasteiger partial charge >= 0.3 is 17.9 Å². The summed E-state index contributed by atoms with van der Waals surface area (Å²) in [6.45, 7) is 15.4. The molecule has 2 rings (SSSR count). The predicted octanol–water partition coefficient (Wildman–Crippen LogP) is 5.64. The second kappa shape index (κ2) is 17.9. The van der Waals surface area contributed by atoms with Gasteiger partial charge in [-0.1, -0.05) is 37.9 Å². The van der Waals surface area contributed by atoms with Gasteiger partial charge in [-0.2, -0.15) is 0 Å². The second-order valence-electron chi connectivity index (χ2n) is 9.02. The second-order valence-corrected chi connectivity index (χ2v) is 9.02. The number of rotatable bonds is 15. The van der Waals surface area contributed by atoms with E-state index in [1.54, 1.807) is 75.4 Å². The first-order valence-electron chi connectivity index (χ1n) is 12.4. The molecule has 2 aromatic carbocycles. The minimum absolute atomic E-state index is 0. The van der Waals surface area contributed by atoms with E-state index in [1.807, 2.05) is 0 Å². The molecule has 41 heavy (non-hydrogen) atoms. The van der Waals surface area contributed by atoms with Gasteiger partial charge in [0, 0.05) is 55.0 Å². The molecule has 0 unspecified atom stereocenters. The van der Waals surface area contributed by atoms with E-state index in [1.165, 1.54) is 6.08 Å². The molecule has 0 atom stereocenters. The zero-order chi connectivity index (χ0) is 29.7. The number of ether oxygens (including phenoxy) is 4. The smallest absolute Gasteiger partial charge is 0.338 e. The van der Waals surface area contributed by atoms with Crippen LogP contribution in [0.5, 0.6) is 11.5 Å². The Morgan fingerprint density at radius 1 is 0.732 bits per heavy atom. The molecule has 1 radical (unpaired) electrons. The SMILES string of the molecule is C=C(C)C(=O)OC[C-](CCOc1ccc(C(=O)C=Cc2ccc(OC(=O)C(=C)C)cc2)cc1)COC(=O)C(=C)C.[Y]. The van der Waals surface area contributed by atoms with Crippen molar-refractivity contribution in [3.05, 3.63) is 108 Å². The van der Waals surface area contributed by atoms with Crippen LogP contribution in [0.3, 0.4) is 0 Å². The minimum atomic E-state index is -0.542. The summed E-state index contributed by atoms with van der Waals surface area (Å²) in [5.41, 5.74) is 2.06. The molecule has 0 fully saturated rings. The molecule has 0 aliphatic carbocycles. The zero-order valence-corrected chi connectivity index (χ0v) is 26.4. The monoisotopic (exact) mass is 634 g/mol. The number of carbonyl (C=O) groups is 4. The van der Waals surface area contributed by atoms with E-state index in [0.29, 0.717) is 35.0 Å².